The first-order chi connectivity index (χ1) is 19.7. The average molecular weight is 543 g/mol. The molecule has 0 radical (unpaired) electrons. The lowest BCUT2D eigenvalue weighted by molar-refractivity contribution is 0.196. The Balaban J connectivity index is 1.66. The summed E-state index contributed by atoms with van der Waals surface area (Å²) in [5, 5.41) is 14.4. The van der Waals surface area contributed by atoms with Gasteiger partial charge in [0.25, 0.3) is 8.32 Å². The van der Waals surface area contributed by atoms with Crippen molar-refractivity contribution in [1.82, 2.24) is 0 Å². The molecule has 0 aromatic heterocycles. The van der Waals surface area contributed by atoms with Crippen molar-refractivity contribution in [2.75, 3.05) is 0 Å². The van der Waals surface area contributed by atoms with Gasteiger partial charge in [-0.25, -0.2) is 0 Å². The second-order valence-electron chi connectivity index (χ2n) is 10.4. The lowest BCUT2D eigenvalue weighted by Gasteiger charge is -2.37. The van der Waals surface area contributed by atoms with E-state index in [1.165, 1.54) is 21.1 Å². The van der Waals surface area contributed by atoms with Crippen LogP contribution in [-0.2, 0) is 17.3 Å². The molecule has 202 valence electrons. The van der Waals surface area contributed by atoms with E-state index in [1.54, 1.807) is 0 Å². The van der Waals surface area contributed by atoms with Crippen LogP contribution in [0.3, 0.4) is 0 Å². The van der Waals surface area contributed by atoms with Crippen LogP contribution >= 0.6 is 0 Å². The summed E-state index contributed by atoms with van der Waals surface area (Å²) < 4.78 is 7.66. The van der Waals surface area contributed by atoms with Crippen molar-refractivity contribution < 1.29 is 9.53 Å². The van der Waals surface area contributed by atoms with E-state index in [1.807, 2.05) is 6.07 Å². The number of aromatic hydroxyl groups is 1. The number of aryl methyl sites for hydroxylation is 2. The van der Waals surface area contributed by atoms with Crippen LogP contribution in [0.5, 0.6) is 5.75 Å². The van der Waals surface area contributed by atoms with Crippen LogP contribution < -0.4 is 15.6 Å². The van der Waals surface area contributed by atoms with E-state index < -0.39 is 8.32 Å². The van der Waals surface area contributed by atoms with Crippen LogP contribution in [0.2, 0.25) is 0 Å². The molecule has 5 aromatic rings. The Kier molecular flexibility index (Phi) is 9.28. The molecule has 1 N–H and O–H groups in total. The third-order valence-electron chi connectivity index (χ3n) is 7.67. The summed E-state index contributed by atoms with van der Waals surface area (Å²) >= 11 is 0. The molecule has 40 heavy (non-hydrogen) atoms. The highest BCUT2D eigenvalue weighted by Gasteiger charge is 2.44. The van der Waals surface area contributed by atoms with Gasteiger partial charge in [-0.05, 0) is 70.1 Å². The first-order valence-electron chi connectivity index (χ1n) is 14.4. The molecule has 0 saturated heterocycles. The highest BCUT2D eigenvalue weighted by atomic mass is 28.4. The summed E-state index contributed by atoms with van der Waals surface area (Å²) in [4.78, 5) is 0. The second-order valence-corrected chi connectivity index (χ2v) is 13.7. The SMILES string of the molecule is CCCCc1cc(C(CCc2ccccc2)O[Si](c2ccccc2)(c2ccccc2)c2ccccc2)ccc1O. The van der Waals surface area contributed by atoms with Crippen LogP contribution in [0.15, 0.2) is 140 Å². The first kappa shape index (κ1) is 27.6. The average Bonchev–Trinajstić information content (AvgIpc) is 3.03. The molecule has 3 heteroatoms. The van der Waals surface area contributed by atoms with Crippen LogP contribution in [-0.4, -0.2) is 13.4 Å². The van der Waals surface area contributed by atoms with Crippen molar-refractivity contribution in [3.8, 4) is 5.75 Å². The Bertz CT molecular complexity index is 1360. The Morgan fingerprint density at radius 3 is 1.62 bits per heavy atom. The topological polar surface area (TPSA) is 29.5 Å². The molecule has 0 aliphatic rings. The van der Waals surface area contributed by atoms with Gasteiger partial charge < -0.3 is 9.53 Å². The molecule has 1 unspecified atom stereocenters. The van der Waals surface area contributed by atoms with Crippen LogP contribution in [0.1, 0.15) is 49.0 Å². The Morgan fingerprint density at radius 1 is 0.625 bits per heavy atom. The van der Waals surface area contributed by atoms with E-state index in [0.717, 1.165) is 43.2 Å². The first-order valence-corrected chi connectivity index (χ1v) is 16.3. The number of rotatable bonds is 12. The van der Waals surface area contributed by atoms with E-state index in [2.05, 4.69) is 140 Å². The summed E-state index contributed by atoms with van der Waals surface area (Å²) in [6.45, 7) is 2.19. The lowest BCUT2D eigenvalue weighted by atomic mass is 9.97. The summed E-state index contributed by atoms with van der Waals surface area (Å²) in [6, 6.07) is 49.0. The Hall–Kier alpha value is -3.92. The smallest absolute Gasteiger partial charge is 0.288 e. The molecule has 1 atom stereocenters. The minimum Gasteiger partial charge on any atom is -0.508 e. The largest absolute Gasteiger partial charge is 0.508 e. The molecular formula is C37H38O2Si. The van der Waals surface area contributed by atoms with Gasteiger partial charge in [0, 0.05) is 0 Å². The van der Waals surface area contributed by atoms with E-state index in [9.17, 15) is 5.11 Å². The maximum Gasteiger partial charge on any atom is 0.288 e. The Morgan fingerprint density at radius 2 is 1.12 bits per heavy atom. The van der Waals surface area contributed by atoms with Crippen molar-refractivity contribution in [3.63, 3.8) is 0 Å². The number of unbranched alkanes of at least 4 members (excludes halogenated alkanes) is 1. The fraction of sp³-hybridized carbons (Fsp3) is 0.189. The van der Waals surface area contributed by atoms with Crippen LogP contribution in [0, 0.1) is 0 Å². The molecule has 0 amide bonds. The van der Waals surface area contributed by atoms with Gasteiger partial charge in [0.05, 0.1) is 6.10 Å². The molecule has 5 rings (SSSR count). The number of phenolic OH excluding ortho intramolecular Hbond substituents is 1. The lowest BCUT2D eigenvalue weighted by Crippen LogP contribution is -2.69. The summed E-state index contributed by atoms with van der Waals surface area (Å²) in [7, 11) is -2.93. The van der Waals surface area contributed by atoms with Gasteiger partial charge in [0.1, 0.15) is 5.75 Å². The summed E-state index contributed by atoms with van der Waals surface area (Å²) in [5.41, 5.74) is 3.42. The quantitative estimate of drug-likeness (QED) is 0.135. The van der Waals surface area contributed by atoms with E-state index in [-0.39, 0.29) is 6.10 Å². The molecule has 0 saturated carbocycles. The van der Waals surface area contributed by atoms with Crippen molar-refractivity contribution in [2.45, 2.75) is 45.1 Å². The molecule has 5 aromatic carbocycles. The predicted octanol–water partition coefficient (Wildman–Crippen LogP) is 7.09. The van der Waals surface area contributed by atoms with Crippen molar-refractivity contribution >= 4 is 23.9 Å². The zero-order valence-electron chi connectivity index (χ0n) is 23.2. The molecule has 0 heterocycles. The van der Waals surface area contributed by atoms with Crippen molar-refractivity contribution in [2.24, 2.45) is 0 Å². The summed E-state index contributed by atoms with van der Waals surface area (Å²) in [6.07, 6.45) is 4.57. The fourth-order valence-electron chi connectivity index (χ4n) is 5.55. The second kappa shape index (κ2) is 13.4. The van der Waals surface area contributed by atoms with Gasteiger partial charge in [0.2, 0.25) is 0 Å². The molecule has 0 bridgehead atoms. The molecule has 0 aliphatic heterocycles. The third-order valence-corrected chi connectivity index (χ3v) is 11.8. The maximum atomic E-state index is 10.7. The summed E-state index contributed by atoms with van der Waals surface area (Å²) in [5.74, 6) is 0.372. The van der Waals surface area contributed by atoms with Gasteiger partial charge >= 0.3 is 0 Å². The number of hydrogen-bond donors (Lipinski definition) is 1. The minimum absolute atomic E-state index is 0.159. The standard InChI is InChI=1S/C37H38O2Si/c1-2-3-18-31-29-32(26-27-36(31)38)37(28-25-30-16-8-4-9-17-30)39-40(33-19-10-5-11-20-33,34-21-12-6-13-22-34)35-23-14-7-15-24-35/h4-17,19-24,26-27,29,37-38H,2-3,18,25,28H2,1H3. The molecule has 2 nitrogen and oxygen atoms in total. The minimum atomic E-state index is -2.93. The van der Waals surface area contributed by atoms with Crippen molar-refractivity contribution in [3.05, 3.63) is 156 Å². The Labute approximate surface area is 240 Å². The molecular weight excluding hydrogens is 504 g/mol. The predicted molar refractivity (Wildman–Crippen MR) is 169 cm³/mol. The van der Waals surface area contributed by atoms with Gasteiger partial charge in [-0.2, -0.15) is 0 Å². The van der Waals surface area contributed by atoms with E-state index >= 15 is 0 Å². The highest BCUT2D eigenvalue weighted by Crippen LogP contribution is 2.31. The molecule has 0 spiro atoms. The maximum absolute atomic E-state index is 10.7. The van der Waals surface area contributed by atoms with Gasteiger partial charge in [-0.15, -0.1) is 0 Å². The third kappa shape index (κ3) is 6.28. The van der Waals surface area contributed by atoms with Crippen LogP contribution in [0.4, 0.5) is 0 Å². The highest BCUT2D eigenvalue weighted by molar-refractivity contribution is 7.07. The van der Waals surface area contributed by atoms with E-state index in [4.69, 9.17) is 4.43 Å². The molecule has 0 fully saturated rings. The zero-order valence-corrected chi connectivity index (χ0v) is 24.2. The monoisotopic (exact) mass is 542 g/mol. The normalized spacial score (nSPS) is 12.2. The van der Waals surface area contributed by atoms with Gasteiger partial charge in [-0.1, -0.05) is 141 Å². The van der Waals surface area contributed by atoms with Crippen LogP contribution in [0.25, 0.3) is 0 Å². The van der Waals surface area contributed by atoms with Gasteiger partial charge in [0.15, 0.2) is 0 Å². The number of phenols is 1. The zero-order chi connectivity index (χ0) is 27.6. The number of hydrogen-bond acceptors (Lipinski definition) is 2. The van der Waals surface area contributed by atoms with E-state index in [0.29, 0.717) is 5.75 Å². The van der Waals surface area contributed by atoms with Crippen molar-refractivity contribution in [1.29, 1.82) is 0 Å². The molecule has 0 aliphatic carbocycles. The number of benzene rings is 5. The fourth-order valence-corrected chi connectivity index (χ4v) is 9.62. The van der Waals surface area contributed by atoms with Gasteiger partial charge in [-0.3, -0.25) is 0 Å².